The molecule has 35 heavy (non-hydrogen) atoms. The monoisotopic (exact) mass is 522 g/mol. The summed E-state index contributed by atoms with van der Waals surface area (Å²) in [4.78, 5) is 23.8. The molecule has 1 heterocycles. The summed E-state index contributed by atoms with van der Waals surface area (Å²) in [7, 11) is 1.73. The minimum absolute atomic E-state index is 0.0479. The first-order chi connectivity index (χ1) is 16.3. The zero-order valence-corrected chi connectivity index (χ0v) is 22.7. The van der Waals surface area contributed by atoms with Crippen molar-refractivity contribution in [2.24, 2.45) is 0 Å². The molecule has 0 spiro atoms. The molecule has 1 aliphatic rings. The van der Waals surface area contributed by atoms with Crippen LogP contribution < -0.4 is 15.5 Å². The van der Waals surface area contributed by atoms with Gasteiger partial charge >= 0.3 is 6.03 Å². The summed E-state index contributed by atoms with van der Waals surface area (Å²) in [5.74, 6) is 1.47. The van der Waals surface area contributed by atoms with Gasteiger partial charge in [0.1, 0.15) is 5.82 Å². The average Bonchev–Trinajstić information content (AvgIpc) is 2.80. The van der Waals surface area contributed by atoms with Crippen molar-refractivity contribution >= 4 is 39.2 Å². The Kier molecular flexibility index (Phi) is 8.16. The molecule has 9 nitrogen and oxygen atoms in total. The van der Waals surface area contributed by atoms with E-state index in [4.69, 9.17) is 11.6 Å². The maximum Gasteiger partial charge on any atom is 0.318 e. The number of nitrogens with zero attached hydrogens (tertiary/aromatic N) is 4. The van der Waals surface area contributed by atoms with Crippen molar-refractivity contribution in [3.8, 4) is 0 Å². The average molecular weight is 523 g/mol. The Morgan fingerprint density at radius 1 is 1.09 bits per heavy atom. The van der Waals surface area contributed by atoms with Crippen molar-refractivity contribution in [3.05, 3.63) is 46.6 Å². The summed E-state index contributed by atoms with van der Waals surface area (Å²) >= 11 is 5.98. The Bertz CT molecular complexity index is 1150. The van der Waals surface area contributed by atoms with Gasteiger partial charge in [-0.05, 0) is 57.2 Å². The number of hydrogen-bond donors (Lipinski definition) is 2. The van der Waals surface area contributed by atoms with E-state index in [-0.39, 0.29) is 12.1 Å². The number of amides is 2. The summed E-state index contributed by atoms with van der Waals surface area (Å²) < 4.78 is 25.6. The molecule has 1 saturated carbocycles. The van der Waals surface area contributed by atoms with Gasteiger partial charge in [-0.3, -0.25) is 0 Å². The predicted octanol–water partition coefficient (Wildman–Crippen LogP) is 3.79. The van der Waals surface area contributed by atoms with Gasteiger partial charge in [0.2, 0.25) is 5.95 Å². The van der Waals surface area contributed by atoms with Crippen molar-refractivity contribution in [3.63, 3.8) is 0 Å². The van der Waals surface area contributed by atoms with Crippen molar-refractivity contribution in [1.82, 2.24) is 20.2 Å². The topological polar surface area (TPSA) is 108 Å². The van der Waals surface area contributed by atoms with Crippen LogP contribution in [0.5, 0.6) is 0 Å². The number of aromatic nitrogens is 2. The molecule has 0 aliphatic heterocycles. The van der Waals surface area contributed by atoms with Crippen molar-refractivity contribution in [2.75, 3.05) is 37.6 Å². The van der Waals surface area contributed by atoms with Gasteiger partial charge in [0.05, 0.1) is 0 Å². The van der Waals surface area contributed by atoms with E-state index in [1.54, 1.807) is 24.3 Å². The molecule has 0 bridgehead atoms. The molecular weight excluding hydrogens is 488 g/mol. The Hall–Kier alpha value is -2.59. The largest absolute Gasteiger partial charge is 0.362 e. The van der Waals surface area contributed by atoms with Gasteiger partial charge in [-0.2, -0.15) is 4.98 Å². The van der Waals surface area contributed by atoms with E-state index in [1.807, 2.05) is 32.1 Å². The molecule has 2 aromatic rings. The first-order valence-electron chi connectivity index (χ1n) is 11.6. The molecule has 1 atom stereocenters. The number of carbonyl (C=O) groups excluding carboxylic acids is 1. The van der Waals surface area contributed by atoms with Crippen molar-refractivity contribution in [2.45, 2.75) is 56.5 Å². The van der Waals surface area contributed by atoms with Crippen molar-refractivity contribution in [1.29, 1.82) is 0 Å². The third-order valence-corrected chi connectivity index (χ3v) is 9.01. The lowest BCUT2D eigenvalue weighted by molar-refractivity contribution is 0.173. The van der Waals surface area contributed by atoms with Crippen LogP contribution in [-0.4, -0.2) is 68.8 Å². The molecule has 0 radical (unpaired) electrons. The van der Waals surface area contributed by atoms with E-state index in [0.29, 0.717) is 16.5 Å². The van der Waals surface area contributed by atoms with Gasteiger partial charge in [-0.1, -0.05) is 23.7 Å². The van der Waals surface area contributed by atoms with Crippen molar-refractivity contribution < 1.29 is 13.2 Å². The van der Waals surface area contributed by atoms with Crippen LogP contribution in [0.4, 0.5) is 16.6 Å². The van der Waals surface area contributed by atoms with Crippen LogP contribution in [0.15, 0.2) is 30.5 Å². The Morgan fingerprint density at radius 3 is 2.20 bits per heavy atom. The highest BCUT2D eigenvalue weighted by atomic mass is 35.5. The van der Waals surface area contributed by atoms with E-state index in [9.17, 15) is 13.2 Å². The maximum absolute atomic E-state index is 13.1. The molecule has 11 heteroatoms. The fraction of sp³-hybridized carbons (Fsp3) is 0.542. The third kappa shape index (κ3) is 5.98. The number of rotatable bonds is 7. The molecule has 2 N–H and O–H groups in total. The lowest BCUT2D eigenvalue weighted by Gasteiger charge is -2.39. The highest BCUT2D eigenvalue weighted by Gasteiger charge is 2.44. The lowest BCUT2D eigenvalue weighted by Crippen LogP contribution is -2.55. The van der Waals surface area contributed by atoms with Gasteiger partial charge in [-0.25, -0.2) is 18.2 Å². The first kappa shape index (κ1) is 27.0. The SMILES string of the molecule is Cc1cnc(N[C@H]2CC[C@@H](NC(=O)N(C)C(C)(c3ccc(Cl)cc3)S(C)(=O)=O)CC2)nc1N(C)C. The van der Waals surface area contributed by atoms with Crippen LogP contribution in [-0.2, 0) is 14.7 Å². The van der Waals surface area contributed by atoms with E-state index in [2.05, 4.69) is 20.6 Å². The zero-order chi connectivity index (χ0) is 26.0. The molecular formula is C24H35ClN6O3S. The van der Waals surface area contributed by atoms with Crippen LogP contribution in [0.2, 0.25) is 5.02 Å². The van der Waals surface area contributed by atoms with Gasteiger partial charge in [0.25, 0.3) is 0 Å². The fourth-order valence-electron chi connectivity index (χ4n) is 4.40. The standard InChI is InChI=1S/C24H35ClN6O3S/c1-16-15-26-22(29-21(16)30(3)4)27-19-11-13-20(14-12-19)28-23(32)31(5)24(2,35(6,33)34)17-7-9-18(25)10-8-17/h7-10,15,19-20H,11-14H2,1-6H3,(H,28,32)(H,26,27,29)/t19-,20+,24?. The molecule has 1 aliphatic carbocycles. The van der Waals surface area contributed by atoms with Crippen LogP contribution in [0, 0.1) is 6.92 Å². The van der Waals surface area contributed by atoms with Crippen LogP contribution in [0.3, 0.4) is 0 Å². The second kappa shape index (κ2) is 10.6. The molecule has 2 amide bonds. The molecule has 1 aromatic heterocycles. The minimum atomic E-state index is -3.68. The lowest BCUT2D eigenvalue weighted by atomic mass is 9.91. The maximum atomic E-state index is 13.1. The third-order valence-electron chi connectivity index (χ3n) is 6.80. The second-order valence-electron chi connectivity index (χ2n) is 9.56. The van der Waals surface area contributed by atoms with Crippen LogP contribution >= 0.6 is 11.6 Å². The number of anilines is 2. The number of aryl methyl sites for hydroxylation is 1. The number of nitrogens with one attached hydrogen (secondary N) is 2. The summed E-state index contributed by atoms with van der Waals surface area (Å²) in [5, 5.41) is 6.93. The molecule has 1 aromatic carbocycles. The van der Waals surface area contributed by atoms with E-state index in [1.165, 1.54) is 18.9 Å². The fourth-order valence-corrected chi connectivity index (χ4v) is 5.67. The molecule has 192 valence electrons. The molecule has 0 saturated heterocycles. The number of halogens is 1. The summed E-state index contributed by atoms with van der Waals surface area (Å²) in [6.07, 6.45) is 6.15. The van der Waals surface area contributed by atoms with Gasteiger partial charge in [0.15, 0.2) is 14.7 Å². The number of hydrogen-bond acceptors (Lipinski definition) is 7. The smallest absolute Gasteiger partial charge is 0.318 e. The number of urea groups is 1. The van der Waals surface area contributed by atoms with Gasteiger partial charge in [-0.15, -0.1) is 0 Å². The highest BCUT2D eigenvalue weighted by molar-refractivity contribution is 7.91. The number of sulfone groups is 1. The Labute approximate surface area is 213 Å². The number of carbonyl (C=O) groups is 1. The normalized spacial score (nSPS) is 20.0. The van der Waals surface area contributed by atoms with Gasteiger partial charge < -0.3 is 20.4 Å². The Balaban J connectivity index is 1.63. The van der Waals surface area contributed by atoms with E-state index in [0.717, 1.165) is 43.3 Å². The number of benzene rings is 1. The molecule has 1 fully saturated rings. The second-order valence-corrected chi connectivity index (χ2v) is 12.3. The predicted molar refractivity (Wildman–Crippen MR) is 141 cm³/mol. The molecule has 3 rings (SSSR count). The highest BCUT2D eigenvalue weighted by Crippen LogP contribution is 2.34. The summed E-state index contributed by atoms with van der Waals surface area (Å²) in [6.45, 7) is 3.52. The van der Waals surface area contributed by atoms with E-state index < -0.39 is 20.7 Å². The van der Waals surface area contributed by atoms with Crippen LogP contribution in [0.1, 0.15) is 43.7 Å². The van der Waals surface area contributed by atoms with Crippen LogP contribution in [0.25, 0.3) is 0 Å². The first-order valence-corrected chi connectivity index (χ1v) is 13.9. The van der Waals surface area contributed by atoms with E-state index >= 15 is 0 Å². The Morgan fingerprint density at radius 2 is 1.66 bits per heavy atom. The molecule has 1 unspecified atom stereocenters. The quantitative estimate of drug-likeness (QED) is 0.569. The summed E-state index contributed by atoms with van der Waals surface area (Å²) in [6, 6.07) is 6.25. The van der Waals surface area contributed by atoms with Gasteiger partial charge in [0, 0.05) is 56.3 Å². The minimum Gasteiger partial charge on any atom is -0.362 e. The zero-order valence-electron chi connectivity index (χ0n) is 21.2. The summed E-state index contributed by atoms with van der Waals surface area (Å²) in [5.41, 5.74) is 1.49.